The fourth-order valence-corrected chi connectivity index (χ4v) is 1.93. The quantitative estimate of drug-likeness (QED) is 0.488. The van der Waals surface area contributed by atoms with Crippen LogP contribution in [-0.2, 0) is 9.53 Å². The first-order valence-corrected chi connectivity index (χ1v) is 5.78. The SMILES string of the molecule is C=C[C@H](CCC(=C)C)[C@H](C(=O)OC)C(C)C. The maximum Gasteiger partial charge on any atom is 0.309 e. The summed E-state index contributed by atoms with van der Waals surface area (Å²) in [6, 6.07) is 0. The van der Waals surface area contributed by atoms with Crippen LogP contribution in [0.1, 0.15) is 33.6 Å². The Balaban J connectivity index is 4.64. The molecule has 0 aliphatic rings. The lowest BCUT2D eigenvalue weighted by atomic mass is 9.80. The van der Waals surface area contributed by atoms with Gasteiger partial charge in [-0.15, -0.1) is 13.2 Å². The summed E-state index contributed by atoms with van der Waals surface area (Å²) in [5.41, 5.74) is 1.14. The van der Waals surface area contributed by atoms with Crippen molar-refractivity contribution in [3.63, 3.8) is 0 Å². The van der Waals surface area contributed by atoms with Crippen LogP contribution in [0.15, 0.2) is 24.8 Å². The van der Waals surface area contributed by atoms with Gasteiger partial charge in [-0.25, -0.2) is 0 Å². The molecule has 0 fully saturated rings. The molecule has 0 heterocycles. The third-order valence-electron chi connectivity index (χ3n) is 2.86. The molecule has 0 aliphatic heterocycles. The molecule has 2 atom stereocenters. The van der Waals surface area contributed by atoms with Crippen molar-refractivity contribution in [3.05, 3.63) is 24.8 Å². The summed E-state index contributed by atoms with van der Waals surface area (Å²) >= 11 is 0. The second kappa shape index (κ2) is 7.26. The fourth-order valence-electron chi connectivity index (χ4n) is 1.93. The van der Waals surface area contributed by atoms with Gasteiger partial charge < -0.3 is 4.74 Å². The molecule has 2 heteroatoms. The van der Waals surface area contributed by atoms with Crippen molar-refractivity contribution >= 4 is 5.97 Å². The van der Waals surface area contributed by atoms with Crippen LogP contribution in [0.2, 0.25) is 0 Å². The minimum atomic E-state index is -0.137. The zero-order chi connectivity index (χ0) is 12.7. The Bertz CT molecular complexity index is 253. The van der Waals surface area contributed by atoms with Crippen molar-refractivity contribution in [2.24, 2.45) is 17.8 Å². The van der Waals surface area contributed by atoms with Crippen LogP contribution < -0.4 is 0 Å². The third-order valence-corrected chi connectivity index (χ3v) is 2.86. The van der Waals surface area contributed by atoms with E-state index in [1.807, 2.05) is 26.8 Å². The van der Waals surface area contributed by atoms with Crippen molar-refractivity contribution in [2.45, 2.75) is 33.6 Å². The standard InChI is InChI=1S/C14H24O2/c1-7-12(9-8-10(2)3)13(11(4)5)14(15)16-6/h7,11-13H,1-2,8-9H2,3-6H3/t12-,13-/m1/s1. The van der Waals surface area contributed by atoms with Gasteiger partial charge in [-0.3, -0.25) is 4.79 Å². The van der Waals surface area contributed by atoms with E-state index >= 15 is 0 Å². The molecule has 2 nitrogen and oxygen atoms in total. The van der Waals surface area contributed by atoms with Crippen LogP contribution in [0, 0.1) is 17.8 Å². The average molecular weight is 224 g/mol. The van der Waals surface area contributed by atoms with Gasteiger partial charge in [0.1, 0.15) is 0 Å². The maximum absolute atomic E-state index is 11.7. The van der Waals surface area contributed by atoms with Gasteiger partial charge in [-0.1, -0.05) is 25.5 Å². The summed E-state index contributed by atoms with van der Waals surface area (Å²) < 4.78 is 4.85. The van der Waals surface area contributed by atoms with E-state index in [0.717, 1.165) is 18.4 Å². The Morgan fingerprint density at radius 2 is 2.00 bits per heavy atom. The number of rotatable bonds is 7. The first-order chi connectivity index (χ1) is 7.43. The fraction of sp³-hybridized carbons (Fsp3) is 0.643. The van der Waals surface area contributed by atoms with E-state index in [1.165, 1.54) is 7.11 Å². The molecule has 0 aromatic heterocycles. The van der Waals surface area contributed by atoms with E-state index in [4.69, 9.17) is 4.74 Å². The molecule has 0 saturated heterocycles. The lowest BCUT2D eigenvalue weighted by molar-refractivity contribution is -0.148. The Morgan fingerprint density at radius 1 is 1.44 bits per heavy atom. The Kier molecular flexibility index (Phi) is 6.78. The molecular weight excluding hydrogens is 200 g/mol. The normalized spacial score (nSPS) is 14.3. The van der Waals surface area contributed by atoms with Crippen molar-refractivity contribution in [1.29, 1.82) is 0 Å². The van der Waals surface area contributed by atoms with E-state index < -0.39 is 0 Å². The Labute approximate surface area is 99.4 Å². The summed E-state index contributed by atoms with van der Waals surface area (Å²) in [7, 11) is 1.44. The molecule has 0 unspecified atom stereocenters. The highest BCUT2D eigenvalue weighted by Gasteiger charge is 2.29. The molecule has 0 amide bonds. The van der Waals surface area contributed by atoms with Gasteiger partial charge in [0.25, 0.3) is 0 Å². The zero-order valence-electron chi connectivity index (χ0n) is 11.0. The lowest BCUT2D eigenvalue weighted by Gasteiger charge is -2.25. The van der Waals surface area contributed by atoms with Crippen LogP contribution in [0.4, 0.5) is 0 Å². The van der Waals surface area contributed by atoms with E-state index in [9.17, 15) is 4.79 Å². The first kappa shape index (κ1) is 14.9. The molecule has 0 spiro atoms. The van der Waals surface area contributed by atoms with Crippen LogP contribution in [-0.4, -0.2) is 13.1 Å². The number of methoxy groups -OCH3 is 1. The number of esters is 1. The number of carbonyl (C=O) groups is 1. The summed E-state index contributed by atoms with van der Waals surface area (Å²) in [5, 5.41) is 0. The number of ether oxygens (including phenoxy) is 1. The first-order valence-electron chi connectivity index (χ1n) is 5.78. The molecule has 0 bridgehead atoms. The molecule has 0 aliphatic carbocycles. The molecule has 16 heavy (non-hydrogen) atoms. The van der Waals surface area contributed by atoms with Crippen molar-refractivity contribution in [2.75, 3.05) is 7.11 Å². The minimum Gasteiger partial charge on any atom is -0.469 e. The van der Waals surface area contributed by atoms with Gasteiger partial charge in [-0.05, 0) is 31.6 Å². The van der Waals surface area contributed by atoms with Crippen LogP contribution in [0.3, 0.4) is 0 Å². The van der Waals surface area contributed by atoms with Gasteiger partial charge in [0.05, 0.1) is 13.0 Å². The number of carbonyl (C=O) groups excluding carboxylic acids is 1. The highest BCUT2D eigenvalue weighted by molar-refractivity contribution is 5.73. The maximum atomic E-state index is 11.7. The predicted molar refractivity (Wildman–Crippen MR) is 68.1 cm³/mol. The summed E-state index contributed by atoms with van der Waals surface area (Å²) in [4.78, 5) is 11.7. The minimum absolute atomic E-state index is 0.0955. The van der Waals surface area contributed by atoms with E-state index in [1.54, 1.807) is 0 Å². The monoisotopic (exact) mass is 224 g/mol. The third kappa shape index (κ3) is 4.65. The molecule has 0 aromatic carbocycles. The number of hydrogen-bond acceptors (Lipinski definition) is 2. The van der Waals surface area contributed by atoms with Gasteiger partial charge in [-0.2, -0.15) is 0 Å². The highest BCUT2D eigenvalue weighted by Crippen LogP contribution is 2.28. The number of hydrogen-bond donors (Lipinski definition) is 0. The molecular formula is C14H24O2. The van der Waals surface area contributed by atoms with Crippen LogP contribution >= 0.6 is 0 Å². The molecule has 0 rings (SSSR count). The second-order valence-corrected chi connectivity index (χ2v) is 4.69. The van der Waals surface area contributed by atoms with Crippen molar-refractivity contribution in [1.82, 2.24) is 0 Å². The van der Waals surface area contributed by atoms with Gasteiger partial charge in [0, 0.05) is 0 Å². The van der Waals surface area contributed by atoms with Crippen LogP contribution in [0.25, 0.3) is 0 Å². The van der Waals surface area contributed by atoms with Crippen molar-refractivity contribution in [3.8, 4) is 0 Å². The summed E-state index contributed by atoms with van der Waals surface area (Å²) in [6.45, 7) is 13.8. The highest BCUT2D eigenvalue weighted by atomic mass is 16.5. The topological polar surface area (TPSA) is 26.3 Å². The van der Waals surface area contributed by atoms with Gasteiger partial charge in [0.2, 0.25) is 0 Å². The molecule has 0 saturated carbocycles. The molecule has 0 aromatic rings. The predicted octanol–water partition coefficient (Wildman–Crippen LogP) is 3.59. The van der Waals surface area contributed by atoms with Gasteiger partial charge in [0.15, 0.2) is 0 Å². The Hall–Kier alpha value is -1.05. The molecule has 0 radical (unpaired) electrons. The smallest absolute Gasteiger partial charge is 0.309 e. The lowest BCUT2D eigenvalue weighted by Crippen LogP contribution is -2.28. The van der Waals surface area contributed by atoms with E-state index in [-0.39, 0.29) is 23.7 Å². The van der Waals surface area contributed by atoms with E-state index in [2.05, 4.69) is 13.2 Å². The second-order valence-electron chi connectivity index (χ2n) is 4.69. The zero-order valence-corrected chi connectivity index (χ0v) is 11.0. The summed E-state index contributed by atoms with van der Waals surface area (Å²) in [6.07, 6.45) is 3.71. The number of allylic oxidation sites excluding steroid dienone is 2. The van der Waals surface area contributed by atoms with Gasteiger partial charge >= 0.3 is 5.97 Å². The van der Waals surface area contributed by atoms with Crippen molar-refractivity contribution < 1.29 is 9.53 Å². The molecule has 0 N–H and O–H groups in total. The average Bonchev–Trinajstić information content (AvgIpc) is 2.22. The molecule has 92 valence electrons. The Morgan fingerprint density at radius 3 is 2.31 bits per heavy atom. The van der Waals surface area contributed by atoms with Crippen LogP contribution in [0.5, 0.6) is 0 Å². The summed E-state index contributed by atoms with van der Waals surface area (Å²) in [5.74, 6) is 0.202. The van der Waals surface area contributed by atoms with E-state index in [0.29, 0.717) is 0 Å². The largest absolute Gasteiger partial charge is 0.469 e.